The molecule has 0 unspecified atom stereocenters. The van der Waals surface area contributed by atoms with Gasteiger partial charge in [0.2, 0.25) is 0 Å². The van der Waals surface area contributed by atoms with Crippen LogP contribution >= 0.6 is 0 Å². The van der Waals surface area contributed by atoms with Crippen LogP contribution in [-0.2, 0) is 0 Å². The van der Waals surface area contributed by atoms with Crippen molar-refractivity contribution in [3.8, 4) is 55.6 Å². The van der Waals surface area contributed by atoms with Gasteiger partial charge in [0.1, 0.15) is 0 Å². The predicted molar refractivity (Wildman–Crippen MR) is 209 cm³/mol. The summed E-state index contributed by atoms with van der Waals surface area (Å²) in [5.74, 6) is -11.8. The lowest BCUT2D eigenvalue weighted by Crippen LogP contribution is -2.04. The topological polar surface area (TPSA) is 298 Å². The van der Waals surface area contributed by atoms with Gasteiger partial charge < -0.3 is 40.9 Å². The largest absolute Gasteiger partial charge is 0.478 e. The molecule has 0 heterocycles. The van der Waals surface area contributed by atoms with E-state index >= 15 is 0 Å². The van der Waals surface area contributed by atoms with E-state index in [1.165, 1.54) is 84.9 Å². The fourth-order valence-electron chi connectivity index (χ4n) is 6.42. The minimum atomic E-state index is -1.47. The van der Waals surface area contributed by atoms with Gasteiger partial charge in [-0.2, -0.15) is 0 Å². The lowest BCUT2D eigenvalue weighted by atomic mass is 9.88. The van der Waals surface area contributed by atoms with Crippen LogP contribution in [0.25, 0.3) is 55.6 Å². The lowest BCUT2D eigenvalue weighted by molar-refractivity contribution is 0.0676. The summed E-state index contributed by atoms with van der Waals surface area (Å²) in [7, 11) is 0. The van der Waals surface area contributed by atoms with Gasteiger partial charge in [-0.1, -0.05) is 0 Å². The maximum Gasteiger partial charge on any atom is 0.335 e. The Hall–Kier alpha value is -8.92. The lowest BCUT2D eigenvalue weighted by Gasteiger charge is -2.16. The molecule has 0 atom stereocenters. The fraction of sp³-hybridized carbons (Fsp3) is 0. The highest BCUT2D eigenvalue weighted by molar-refractivity contribution is 6.01. The van der Waals surface area contributed by atoms with Crippen molar-refractivity contribution < 1.29 is 79.2 Å². The highest BCUT2D eigenvalue weighted by Gasteiger charge is 2.20. The zero-order valence-corrected chi connectivity index (χ0v) is 30.2. The van der Waals surface area contributed by atoms with E-state index in [0.717, 1.165) is 24.3 Å². The molecule has 0 spiro atoms. The zero-order chi connectivity index (χ0) is 43.7. The van der Waals surface area contributed by atoms with Crippen LogP contribution in [0.15, 0.2) is 109 Å². The monoisotopic (exact) mass is 810 g/mol. The molecule has 0 aliphatic carbocycles. The van der Waals surface area contributed by atoms with Gasteiger partial charge >= 0.3 is 47.8 Å². The van der Waals surface area contributed by atoms with Crippen LogP contribution < -0.4 is 0 Å². The van der Waals surface area contributed by atoms with Crippen molar-refractivity contribution in [2.75, 3.05) is 0 Å². The summed E-state index contributed by atoms with van der Waals surface area (Å²) in [4.78, 5) is 96.8. The normalized spacial score (nSPS) is 10.7. The Morgan fingerprint density at radius 2 is 0.283 bits per heavy atom. The zero-order valence-electron chi connectivity index (χ0n) is 30.2. The summed E-state index contributed by atoms with van der Waals surface area (Å²) in [5.41, 5.74) is -2.20. The summed E-state index contributed by atoms with van der Waals surface area (Å²) in [6, 6.07) is 21.9. The van der Waals surface area contributed by atoms with E-state index in [4.69, 9.17) is 0 Å². The predicted octanol–water partition coefficient (Wildman–Crippen LogP) is 7.61. The molecule has 0 saturated carbocycles. The first-order valence-electron chi connectivity index (χ1n) is 17.1. The molecule has 0 amide bonds. The Kier molecular flexibility index (Phi) is 10.8. The summed E-state index contributed by atoms with van der Waals surface area (Å²) in [6.07, 6.45) is 0. The molecule has 16 nitrogen and oxygen atoms in total. The second-order valence-electron chi connectivity index (χ2n) is 13.2. The van der Waals surface area contributed by atoms with Gasteiger partial charge in [0.05, 0.1) is 44.5 Å². The second-order valence-corrected chi connectivity index (χ2v) is 13.2. The van der Waals surface area contributed by atoms with Crippen molar-refractivity contribution in [3.63, 3.8) is 0 Å². The van der Waals surface area contributed by atoms with E-state index in [1.807, 2.05) is 0 Å². The van der Waals surface area contributed by atoms with Crippen molar-refractivity contribution >= 4 is 47.8 Å². The molecular weight excluding hydrogens is 784 g/mol. The maximum atomic E-state index is 12.1. The summed E-state index contributed by atoms with van der Waals surface area (Å²) in [5, 5.41) is 78.7. The van der Waals surface area contributed by atoms with E-state index < -0.39 is 92.3 Å². The molecule has 6 rings (SSSR count). The van der Waals surface area contributed by atoms with Crippen molar-refractivity contribution in [2.45, 2.75) is 0 Å². The molecule has 0 aromatic heterocycles. The third kappa shape index (κ3) is 8.57. The first kappa shape index (κ1) is 40.7. The van der Waals surface area contributed by atoms with E-state index in [1.54, 1.807) is 0 Å². The third-order valence-electron chi connectivity index (χ3n) is 9.24. The first-order chi connectivity index (χ1) is 28.3. The molecule has 60 heavy (non-hydrogen) atoms. The molecule has 6 aromatic rings. The minimum absolute atomic E-state index is 0.0418. The van der Waals surface area contributed by atoms with E-state index in [9.17, 15) is 79.2 Å². The van der Waals surface area contributed by atoms with Crippen LogP contribution in [0.4, 0.5) is 0 Å². The number of aromatic carboxylic acids is 8. The van der Waals surface area contributed by atoms with Crippen molar-refractivity contribution in [1.82, 2.24) is 0 Å². The van der Waals surface area contributed by atoms with Gasteiger partial charge in [-0.25, -0.2) is 38.4 Å². The Morgan fingerprint density at radius 1 is 0.183 bits per heavy atom. The van der Waals surface area contributed by atoms with E-state index in [2.05, 4.69) is 0 Å². The molecule has 8 N–H and O–H groups in total. The first-order valence-corrected chi connectivity index (χ1v) is 17.1. The van der Waals surface area contributed by atoms with Crippen molar-refractivity contribution in [3.05, 3.63) is 154 Å². The molecule has 0 saturated heterocycles. The molecule has 16 heteroatoms. The van der Waals surface area contributed by atoms with Crippen LogP contribution in [0.3, 0.4) is 0 Å². The van der Waals surface area contributed by atoms with Crippen LogP contribution in [0.1, 0.15) is 82.9 Å². The smallest absolute Gasteiger partial charge is 0.335 e. The van der Waals surface area contributed by atoms with Crippen LogP contribution in [0, 0.1) is 0 Å². The number of hydrogen-bond acceptors (Lipinski definition) is 8. The van der Waals surface area contributed by atoms with Crippen molar-refractivity contribution in [1.29, 1.82) is 0 Å². The number of hydrogen-bond donors (Lipinski definition) is 8. The highest BCUT2D eigenvalue weighted by atomic mass is 16.4. The Balaban J connectivity index is 1.75. The third-order valence-corrected chi connectivity index (χ3v) is 9.24. The fourth-order valence-corrected chi connectivity index (χ4v) is 6.42. The van der Waals surface area contributed by atoms with Crippen LogP contribution in [-0.4, -0.2) is 88.6 Å². The number of rotatable bonds is 13. The molecule has 298 valence electrons. The quantitative estimate of drug-likeness (QED) is 0.0556. The Bertz CT molecular complexity index is 2390. The number of carboxylic acids is 8. The SMILES string of the molecule is O=C(O)c1cc(C(=O)O)cc(-c2cc(-c3cc(C(=O)O)cc(C(=O)O)c3)cc(-c3cc(-c4cc(C(=O)O)cc(C(=O)O)c4)cc(-c4cc(C(=O)O)cc(C(=O)O)c4)c3)c2)c1. The molecule has 0 bridgehead atoms. The average molecular weight is 811 g/mol. The van der Waals surface area contributed by atoms with Gasteiger partial charge in [0, 0.05) is 0 Å². The van der Waals surface area contributed by atoms with E-state index in [0.29, 0.717) is 0 Å². The Morgan fingerprint density at radius 3 is 0.383 bits per heavy atom. The van der Waals surface area contributed by atoms with E-state index in [-0.39, 0.29) is 55.6 Å². The van der Waals surface area contributed by atoms with Crippen LogP contribution in [0.5, 0.6) is 0 Å². The number of carbonyl (C=O) groups is 8. The highest BCUT2D eigenvalue weighted by Crippen LogP contribution is 2.39. The molecular formula is C44H26O16. The van der Waals surface area contributed by atoms with Gasteiger partial charge in [-0.3, -0.25) is 0 Å². The summed E-state index contributed by atoms with van der Waals surface area (Å²) >= 11 is 0. The van der Waals surface area contributed by atoms with Crippen molar-refractivity contribution in [2.24, 2.45) is 0 Å². The molecule has 0 aliphatic rings. The summed E-state index contributed by atoms with van der Waals surface area (Å²) < 4.78 is 0. The van der Waals surface area contributed by atoms with Gasteiger partial charge in [-0.15, -0.1) is 0 Å². The molecule has 0 radical (unpaired) electrons. The van der Waals surface area contributed by atoms with Crippen LogP contribution in [0.2, 0.25) is 0 Å². The molecule has 6 aromatic carbocycles. The van der Waals surface area contributed by atoms with Gasteiger partial charge in [0.25, 0.3) is 0 Å². The van der Waals surface area contributed by atoms with Gasteiger partial charge in [-0.05, 0) is 165 Å². The Labute approximate surface area is 335 Å². The maximum absolute atomic E-state index is 12.1. The average Bonchev–Trinajstić information content (AvgIpc) is 3.22. The second kappa shape index (κ2) is 15.9. The van der Waals surface area contributed by atoms with Gasteiger partial charge in [0.15, 0.2) is 0 Å². The summed E-state index contributed by atoms with van der Waals surface area (Å²) in [6.45, 7) is 0. The number of carboxylic acid groups (broad SMARTS) is 8. The minimum Gasteiger partial charge on any atom is -0.478 e. The number of benzene rings is 6. The standard InChI is InChI=1S/C44H26O16/c45-37(46)29-7-25(8-30(15-29)38(47)48)21-1-19(2-22(5-21)26-9-31(39(49)50)16-32(10-26)40(51)52)20-3-23(27-11-33(41(53)54)17-34(12-27)42(55)56)6-24(4-20)28-13-35(43(57)58)18-36(14-28)44(59)60/h1-18H,(H,45,46)(H,47,48)(H,49,50)(H,51,52)(H,53,54)(H,55,56)(H,57,58)(H,59,60). The molecule has 0 fully saturated rings. The molecule has 0 aliphatic heterocycles.